The number of nitrogens with one attached hydrogen (secondary N) is 1. The summed E-state index contributed by atoms with van der Waals surface area (Å²) in [7, 11) is 0. The summed E-state index contributed by atoms with van der Waals surface area (Å²) in [5.74, 6) is -1.51. The van der Waals surface area contributed by atoms with Gasteiger partial charge in [0.25, 0.3) is 5.91 Å². The number of primary amides is 1. The molecule has 0 aromatic heterocycles. The van der Waals surface area contributed by atoms with Crippen molar-refractivity contribution >= 4 is 23.7 Å². The van der Waals surface area contributed by atoms with Crippen LogP contribution in [0.2, 0.25) is 0 Å². The number of nitrogens with two attached hydrogens (primary N) is 1. The van der Waals surface area contributed by atoms with E-state index in [9.17, 15) is 19.2 Å². The first-order valence-corrected chi connectivity index (χ1v) is 14.0. The molecule has 218 valence electrons. The lowest BCUT2D eigenvalue weighted by Crippen LogP contribution is -2.52. The SMILES string of the molecule is CCCCOC(=O)N1CCCO[C@H](C(=O)N[C@@H](Cc2cc3c(cc2F)-c2cc4c(cc2CO3)C(=O)CC4)C(N)=O)C1. The molecule has 1 saturated heterocycles. The number of benzene rings is 2. The topological polar surface area (TPSA) is 137 Å². The Kier molecular flexibility index (Phi) is 8.53. The van der Waals surface area contributed by atoms with Crippen LogP contribution in [0.1, 0.15) is 59.7 Å². The average molecular weight is 568 g/mol. The Balaban J connectivity index is 1.29. The summed E-state index contributed by atoms with van der Waals surface area (Å²) in [5.41, 5.74) is 9.56. The van der Waals surface area contributed by atoms with E-state index in [4.69, 9.17) is 19.9 Å². The largest absolute Gasteiger partial charge is 0.488 e. The zero-order valence-electron chi connectivity index (χ0n) is 23.0. The fraction of sp³-hybridized carbons (Fsp3) is 0.467. The van der Waals surface area contributed by atoms with Crippen LogP contribution < -0.4 is 15.8 Å². The molecule has 0 unspecified atom stereocenters. The summed E-state index contributed by atoms with van der Waals surface area (Å²) in [5, 5.41) is 2.57. The van der Waals surface area contributed by atoms with E-state index < -0.39 is 35.9 Å². The van der Waals surface area contributed by atoms with Crippen molar-refractivity contribution in [2.45, 2.75) is 64.2 Å². The number of Topliss-reactive ketones (excluding diaryl/α,β-unsaturated/α-hetero) is 1. The normalized spacial score (nSPS) is 18.3. The number of carbonyl (C=O) groups excluding carboxylic acids is 4. The van der Waals surface area contributed by atoms with Crippen LogP contribution in [-0.4, -0.2) is 67.0 Å². The fourth-order valence-corrected chi connectivity index (χ4v) is 5.40. The smallest absolute Gasteiger partial charge is 0.409 e. The van der Waals surface area contributed by atoms with Gasteiger partial charge in [0.05, 0.1) is 13.2 Å². The van der Waals surface area contributed by atoms with Gasteiger partial charge >= 0.3 is 6.09 Å². The second kappa shape index (κ2) is 12.3. The summed E-state index contributed by atoms with van der Waals surface area (Å²) < 4.78 is 32.2. The molecule has 2 aliphatic heterocycles. The number of fused-ring (bicyclic) bond motifs is 4. The number of aryl methyl sites for hydroxylation is 1. The molecule has 3 amide bonds. The molecule has 2 aromatic carbocycles. The molecule has 3 N–H and O–H groups in total. The van der Waals surface area contributed by atoms with Crippen LogP contribution >= 0.6 is 0 Å². The summed E-state index contributed by atoms with van der Waals surface area (Å²) in [6.07, 6.45) is 1.48. The minimum Gasteiger partial charge on any atom is -0.488 e. The average Bonchev–Trinajstić information content (AvgIpc) is 3.14. The molecular weight excluding hydrogens is 533 g/mol. The van der Waals surface area contributed by atoms with E-state index in [1.54, 1.807) is 0 Å². The Bertz CT molecular complexity index is 1380. The molecule has 11 heteroatoms. The van der Waals surface area contributed by atoms with Crippen LogP contribution in [0.4, 0.5) is 9.18 Å². The first-order valence-electron chi connectivity index (χ1n) is 14.0. The Morgan fingerprint density at radius 1 is 1.15 bits per heavy atom. The van der Waals surface area contributed by atoms with Gasteiger partial charge in [-0.05, 0) is 65.8 Å². The Labute approximate surface area is 237 Å². The van der Waals surface area contributed by atoms with Crippen molar-refractivity contribution in [1.82, 2.24) is 10.2 Å². The molecule has 0 bridgehead atoms. The van der Waals surface area contributed by atoms with Crippen molar-refractivity contribution < 1.29 is 37.8 Å². The zero-order valence-corrected chi connectivity index (χ0v) is 23.0. The number of rotatable bonds is 8. The van der Waals surface area contributed by atoms with Crippen molar-refractivity contribution in [1.29, 1.82) is 0 Å². The number of halogens is 1. The highest BCUT2D eigenvalue weighted by Gasteiger charge is 2.32. The molecule has 1 fully saturated rings. The molecule has 5 rings (SSSR count). The van der Waals surface area contributed by atoms with Crippen LogP contribution in [-0.2, 0) is 38.5 Å². The van der Waals surface area contributed by atoms with Crippen LogP contribution in [0, 0.1) is 5.82 Å². The molecule has 2 atom stereocenters. The Hall–Kier alpha value is -3.99. The van der Waals surface area contributed by atoms with Crippen molar-refractivity contribution in [3.63, 3.8) is 0 Å². The van der Waals surface area contributed by atoms with E-state index >= 15 is 4.39 Å². The molecule has 2 aromatic rings. The predicted octanol–water partition coefficient (Wildman–Crippen LogP) is 3.05. The van der Waals surface area contributed by atoms with E-state index in [0.717, 1.165) is 29.5 Å². The number of ketones is 1. The van der Waals surface area contributed by atoms with Gasteiger partial charge in [-0.2, -0.15) is 0 Å². The second-order valence-corrected chi connectivity index (χ2v) is 10.6. The molecule has 0 saturated carbocycles. The first kappa shape index (κ1) is 28.5. The maximum absolute atomic E-state index is 15.4. The van der Waals surface area contributed by atoms with Gasteiger partial charge in [0.1, 0.15) is 24.2 Å². The summed E-state index contributed by atoms with van der Waals surface area (Å²) in [6, 6.07) is 5.40. The summed E-state index contributed by atoms with van der Waals surface area (Å²) >= 11 is 0. The standard InChI is InChI=1S/C30H34FN3O7/c1-2-3-8-40-30(38)34-7-4-9-39-27(15-34)29(37)33-24(28(32)36)12-18-13-26-22(14-23(18)31)20-10-17-5-6-25(35)21(17)11-19(20)16-41-26/h10-11,13-14,24,27H,2-9,12,15-16H2,1H3,(H2,32,36)(H,33,37)/t24-,27-/m0/s1. The Morgan fingerprint density at radius 2 is 1.95 bits per heavy atom. The van der Waals surface area contributed by atoms with Crippen molar-refractivity contribution in [3.05, 3.63) is 52.3 Å². The van der Waals surface area contributed by atoms with Gasteiger partial charge < -0.3 is 30.2 Å². The predicted molar refractivity (Wildman–Crippen MR) is 146 cm³/mol. The van der Waals surface area contributed by atoms with E-state index in [1.165, 1.54) is 17.0 Å². The summed E-state index contributed by atoms with van der Waals surface area (Å²) in [4.78, 5) is 51.4. The van der Waals surface area contributed by atoms with Crippen LogP contribution in [0.5, 0.6) is 5.75 Å². The zero-order chi connectivity index (χ0) is 29.1. The van der Waals surface area contributed by atoms with E-state index in [1.807, 2.05) is 19.1 Å². The lowest BCUT2D eigenvalue weighted by Gasteiger charge is -2.25. The van der Waals surface area contributed by atoms with Gasteiger partial charge in [-0.25, -0.2) is 9.18 Å². The number of amides is 3. The van der Waals surface area contributed by atoms with Gasteiger partial charge in [-0.15, -0.1) is 0 Å². The maximum atomic E-state index is 15.4. The third kappa shape index (κ3) is 6.19. The second-order valence-electron chi connectivity index (χ2n) is 10.6. The van der Waals surface area contributed by atoms with Crippen LogP contribution in [0.25, 0.3) is 11.1 Å². The van der Waals surface area contributed by atoms with Crippen LogP contribution in [0.15, 0.2) is 24.3 Å². The van der Waals surface area contributed by atoms with Crippen molar-refractivity contribution in [2.75, 3.05) is 26.3 Å². The molecule has 41 heavy (non-hydrogen) atoms. The first-order chi connectivity index (χ1) is 19.7. The number of hydrogen-bond acceptors (Lipinski definition) is 7. The third-order valence-electron chi connectivity index (χ3n) is 7.71. The quantitative estimate of drug-likeness (QED) is 0.468. The van der Waals surface area contributed by atoms with Crippen LogP contribution in [0.3, 0.4) is 0 Å². The van der Waals surface area contributed by atoms with Gasteiger partial charge in [-0.3, -0.25) is 14.4 Å². The fourth-order valence-electron chi connectivity index (χ4n) is 5.40. The van der Waals surface area contributed by atoms with E-state index in [-0.39, 0.29) is 44.1 Å². The highest BCUT2D eigenvalue weighted by atomic mass is 19.1. The third-order valence-corrected chi connectivity index (χ3v) is 7.71. The monoisotopic (exact) mass is 567 g/mol. The number of hydrogen-bond donors (Lipinski definition) is 2. The lowest BCUT2D eigenvalue weighted by atomic mass is 9.91. The molecule has 3 aliphatic rings. The molecule has 0 spiro atoms. The molecule has 2 heterocycles. The van der Waals surface area contributed by atoms with Gasteiger partial charge in [0.2, 0.25) is 5.91 Å². The van der Waals surface area contributed by atoms with Gasteiger partial charge in [0.15, 0.2) is 11.9 Å². The van der Waals surface area contributed by atoms with Crippen molar-refractivity contribution in [2.24, 2.45) is 5.73 Å². The number of unbranched alkanes of at least 4 members (excludes halogenated alkanes) is 1. The minimum absolute atomic E-state index is 0.0436. The molecular formula is C30H34FN3O7. The number of carbonyl (C=O) groups is 4. The van der Waals surface area contributed by atoms with Gasteiger partial charge in [-0.1, -0.05) is 13.3 Å². The molecule has 0 radical (unpaired) electrons. The maximum Gasteiger partial charge on any atom is 0.409 e. The molecule has 10 nitrogen and oxygen atoms in total. The van der Waals surface area contributed by atoms with E-state index in [2.05, 4.69) is 5.32 Å². The highest BCUT2D eigenvalue weighted by molar-refractivity contribution is 6.01. The van der Waals surface area contributed by atoms with Crippen molar-refractivity contribution in [3.8, 4) is 16.9 Å². The van der Waals surface area contributed by atoms with E-state index in [0.29, 0.717) is 42.7 Å². The summed E-state index contributed by atoms with van der Waals surface area (Å²) in [6.45, 7) is 3.07. The minimum atomic E-state index is -1.22. The lowest BCUT2D eigenvalue weighted by molar-refractivity contribution is -0.136. The highest BCUT2D eigenvalue weighted by Crippen LogP contribution is 2.41. The van der Waals surface area contributed by atoms with Gasteiger partial charge in [0, 0.05) is 37.1 Å². The number of nitrogens with zero attached hydrogens (tertiary/aromatic N) is 1. The Morgan fingerprint density at radius 3 is 2.73 bits per heavy atom. The number of ether oxygens (including phenoxy) is 3. The molecule has 1 aliphatic carbocycles.